The molecule has 0 saturated carbocycles. The number of aromatic nitrogens is 3. The van der Waals surface area contributed by atoms with Crippen molar-refractivity contribution in [2.75, 3.05) is 31.1 Å². The van der Waals surface area contributed by atoms with Crippen LogP contribution >= 0.6 is 0 Å². The fourth-order valence-electron chi connectivity index (χ4n) is 4.08. The minimum Gasteiger partial charge on any atom is -0.420 e. The normalized spacial score (nSPS) is 15.6. The summed E-state index contributed by atoms with van der Waals surface area (Å²) in [5, 5.41) is 2.13. The highest BCUT2D eigenvalue weighted by atomic mass is 19.1. The van der Waals surface area contributed by atoms with Gasteiger partial charge in [-0.3, -0.25) is 4.90 Å². The van der Waals surface area contributed by atoms with Crippen molar-refractivity contribution in [3.63, 3.8) is 0 Å². The van der Waals surface area contributed by atoms with Gasteiger partial charge in [-0.05, 0) is 30.0 Å². The molecule has 2 aromatic carbocycles. The van der Waals surface area contributed by atoms with Crippen LogP contribution in [0.25, 0.3) is 10.8 Å². The van der Waals surface area contributed by atoms with E-state index in [4.69, 9.17) is 4.74 Å². The summed E-state index contributed by atoms with van der Waals surface area (Å²) in [4.78, 5) is 17.7. The molecule has 2 aromatic heterocycles. The Kier molecular flexibility index (Phi) is 5.64. The lowest BCUT2D eigenvalue weighted by molar-refractivity contribution is 0.198. The van der Waals surface area contributed by atoms with Gasteiger partial charge in [-0.15, -0.1) is 0 Å². The third-order valence-electron chi connectivity index (χ3n) is 5.98. The van der Waals surface area contributed by atoms with Crippen molar-refractivity contribution >= 4 is 16.6 Å². The largest absolute Gasteiger partial charge is 0.420 e. The van der Waals surface area contributed by atoms with Gasteiger partial charge in [-0.1, -0.05) is 36.4 Å². The Morgan fingerprint density at radius 2 is 1.56 bits per heavy atom. The third kappa shape index (κ3) is 4.38. The second kappa shape index (κ2) is 8.88. The number of rotatable bonds is 5. The summed E-state index contributed by atoms with van der Waals surface area (Å²) < 4.78 is 19.1. The first-order valence-electron chi connectivity index (χ1n) is 10.7. The lowest BCUT2D eigenvalue weighted by atomic mass is 10.1. The van der Waals surface area contributed by atoms with Crippen LogP contribution in [-0.4, -0.2) is 46.0 Å². The van der Waals surface area contributed by atoms with E-state index in [-0.39, 0.29) is 11.9 Å². The maximum atomic E-state index is 13.2. The van der Waals surface area contributed by atoms with Gasteiger partial charge in [-0.2, -0.15) is 0 Å². The van der Waals surface area contributed by atoms with E-state index in [1.54, 1.807) is 6.20 Å². The van der Waals surface area contributed by atoms with Crippen LogP contribution in [0.2, 0.25) is 0 Å². The number of piperazine rings is 1. The van der Waals surface area contributed by atoms with Crippen LogP contribution in [0.1, 0.15) is 18.5 Å². The van der Waals surface area contributed by atoms with Crippen molar-refractivity contribution in [3.05, 3.63) is 84.6 Å². The summed E-state index contributed by atoms with van der Waals surface area (Å²) in [6.07, 6.45) is 3.33. The van der Waals surface area contributed by atoms with Gasteiger partial charge in [0.15, 0.2) is 0 Å². The fraction of sp³-hybridized carbons (Fsp3) is 0.240. The molecule has 6 nitrogen and oxygen atoms in total. The predicted molar refractivity (Wildman–Crippen MR) is 122 cm³/mol. The molecular weight excluding hydrogens is 405 g/mol. The SMILES string of the molecule is CC(c1ccc(F)cc1)N1CCN(c2cc(Oc3cc4ccccc4cn3)ncn2)CC1. The Hall–Kier alpha value is -3.58. The lowest BCUT2D eigenvalue weighted by Crippen LogP contribution is -2.47. The number of fused-ring (bicyclic) bond motifs is 1. The standard InChI is InChI=1S/C25H24FN5O/c1-18(19-6-8-22(26)9-7-19)30-10-12-31(13-11-30)23-15-25(29-17-28-23)32-24-14-20-4-2-3-5-21(20)16-27-24/h2-9,14-18H,10-13H2,1H3. The van der Waals surface area contributed by atoms with Gasteiger partial charge in [0.1, 0.15) is 18.0 Å². The molecule has 162 valence electrons. The van der Waals surface area contributed by atoms with Crippen LogP contribution in [0.15, 0.2) is 73.2 Å². The van der Waals surface area contributed by atoms with Gasteiger partial charge in [0.2, 0.25) is 11.8 Å². The first-order valence-corrected chi connectivity index (χ1v) is 10.7. The summed E-state index contributed by atoms with van der Waals surface area (Å²) in [5.41, 5.74) is 1.13. The summed E-state index contributed by atoms with van der Waals surface area (Å²) in [7, 11) is 0. The first-order chi connectivity index (χ1) is 15.7. The van der Waals surface area contributed by atoms with E-state index in [1.807, 2.05) is 48.5 Å². The Morgan fingerprint density at radius 3 is 2.34 bits per heavy atom. The highest BCUT2D eigenvalue weighted by Crippen LogP contribution is 2.26. The van der Waals surface area contributed by atoms with Crippen molar-refractivity contribution in [1.29, 1.82) is 0 Å². The van der Waals surface area contributed by atoms with Crippen LogP contribution in [0.5, 0.6) is 11.8 Å². The van der Waals surface area contributed by atoms with E-state index in [9.17, 15) is 4.39 Å². The minimum absolute atomic E-state index is 0.202. The molecule has 32 heavy (non-hydrogen) atoms. The van der Waals surface area contributed by atoms with Crippen molar-refractivity contribution in [2.45, 2.75) is 13.0 Å². The molecule has 1 atom stereocenters. The molecule has 0 spiro atoms. The molecule has 1 aliphatic rings. The quantitative estimate of drug-likeness (QED) is 0.453. The Bertz CT molecular complexity index is 1210. The molecule has 0 N–H and O–H groups in total. The second-order valence-corrected chi connectivity index (χ2v) is 7.94. The number of halogens is 1. The number of pyridine rings is 1. The van der Waals surface area contributed by atoms with Crippen LogP contribution < -0.4 is 9.64 Å². The van der Waals surface area contributed by atoms with Gasteiger partial charge >= 0.3 is 0 Å². The van der Waals surface area contributed by atoms with E-state index in [0.717, 1.165) is 48.3 Å². The Morgan fingerprint density at radius 1 is 0.844 bits per heavy atom. The molecule has 0 radical (unpaired) electrons. The van der Waals surface area contributed by atoms with Crippen molar-refractivity contribution in [3.8, 4) is 11.8 Å². The topological polar surface area (TPSA) is 54.4 Å². The zero-order valence-electron chi connectivity index (χ0n) is 17.9. The van der Waals surface area contributed by atoms with Gasteiger partial charge in [0.05, 0.1) is 0 Å². The molecule has 0 amide bonds. The lowest BCUT2D eigenvalue weighted by Gasteiger charge is -2.38. The molecule has 1 unspecified atom stereocenters. The number of hydrogen-bond acceptors (Lipinski definition) is 6. The average Bonchev–Trinajstić information content (AvgIpc) is 2.84. The molecular formula is C25H24FN5O. The Balaban J connectivity index is 1.24. The molecule has 4 aromatic rings. The summed E-state index contributed by atoms with van der Waals surface area (Å²) in [6, 6.07) is 18.8. The molecule has 1 fully saturated rings. The predicted octanol–water partition coefficient (Wildman–Crippen LogP) is 4.84. The third-order valence-corrected chi connectivity index (χ3v) is 5.98. The second-order valence-electron chi connectivity index (χ2n) is 7.94. The van der Waals surface area contributed by atoms with Gasteiger partial charge in [-0.25, -0.2) is 19.3 Å². The first kappa shape index (κ1) is 20.3. The van der Waals surface area contributed by atoms with Crippen LogP contribution in [-0.2, 0) is 0 Å². The highest BCUT2D eigenvalue weighted by Gasteiger charge is 2.23. The maximum absolute atomic E-state index is 13.2. The maximum Gasteiger partial charge on any atom is 0.226 e. The smallest absolute Gasteiger partial charge is 0.226 e. The van der Waals surface area contributed by atoms with Gasteiger partial charge in [0.25, 0.3) is 0 Å². The number of benzene rings is 2. The van der Waals surface area contributed by atoms with Crippen molar-refractivity contribution < 1.29 is 9.13 Å². The Labute approximate surface area is 186 Å². The molecule has 5 rings (SSSR count). The molecule has 0 aliphatic carbocycles. The van der Waals surface area contributed by atoms with E-state index >= 15 is 0 Å². The molecule has 0 bridgehead atoms. The van der Waals surface area contributed by atoms with Crippen molar-refractivity contribution in [1.82, 2.24) is 19.9 Å². The zero-order chi connectivity index (χ0) is 21.9. The average molecular weight is 429 g/mol. The van der Waals surface area contributed by atoms with Gasteiger partial charge < -0.3 is 9.64 Å². The van der Waals surface area contributed by atoms with E-state index in [0.29, 0.717) is 11.8 Å². The van der Waals surface area contributed by atoms with Gasteiger partial charge in [0, 0.05) is 55.9 Å². The minimum atomic E-state index is -0.202. The fourth-order valence-corrected chi connectivity index (χ4v) is 4.08. The molecule has 7 heteroatoms. The monoisotopic (exact) mass is 429 g/mol. The van der Waals surface area contributed by atoms with E-state index < -0.39 is 0 Å². The number of hydrogen-bond donors (Lipinski definition) is 0. The molecule has 3 heterocycles. The van der Waals surface area contributed by atoms with E-state index in [2.05, 4.69) is 31.7 Å². The number of ether oxygens (including phenoxy) is 1. The summed E-state index contributed by atoms with van der Waals surface area (Å²) in [6.45, 7) is 5.64. The number of anilines is 1. The summed E-state index contributed by atoms with van der Waals surface area (Å²) in [5.74, 6) is 1.61. The van der Waals surface area contributed by atoms with E-state index in [1.165, 1.54) is 18.5 Å². The zero-order valence-corrected chi connectivity index (χ0v) is 17.9. The number of nitrogens with zero attached hydrogens (tertiary/aromatic N) is 5. The van der Waals surface area contributed by atoms with Crippen LogP contribution in [0, 0.1) is 5.82 Å². The van der Waals surface area contributed by atoms with Crippen molar-refractivity contribution in [2.24, 2.45) is 0 Å². The highest BCUT2D eigenvalue weighted by molar-refractivity contribution is 5.82. The summed E-state index contributed by atoms with van der Waals surface area (Å²) >= 11 is 0. The molecule has 1 aliphatic heterocycles. The van der Waals surface area contributed by atoms with Crippen LogP contribution in [0.3, 0.4) is 0 Å². The van der Waals surface area contributed by atoms with Crippen LogP contribution in [0.4, 0.5) is 10.2 Å². The molecule has 1 saturated heterocycles.